The van der Waals surface area contributed by atoms with Crippen LogP contribution >= 0.6 is 5.47 Å². The third-order valence-electron chi connectivity index (χ3n) is 2.21. The fourth-order valence-corrected chi connectivity index (χ4v) is 7.76. The summed E-state index contributed by atoms with van der Waals surface area (Å²) in [7, 11) is -3.83. The Balaban J connectivity index is 5.27. The van der Waals surface area contributed by atoms with Gasteiger partial charge in [0.2, 0.25) is 9.46 Å². The lowest BCUT2D eigenvalue weighted by Crippen LogP contribution is -2.31. The van der Waals surface area contributed by atoms with Crippen molar-refractivity contribution in [2.45, 2.75) is 33.1 Å². The molecule has 114 valence electrons. The largest absolute Gasteiger partial charge is 0.462 e. The van der Waals surface area contributed by atoms with Crippen LogP contribution in [0.3, 0.4) is 0 Å². The Morgan fingerprint density at radius 1 is 1.26 bits per heavy atom. The molecule has 0 heterocycles. The van der Waals surface area contributed by atoms with Crippen molar-refractivity contribution in [1.29, 1.82) is 0 Å². The minimum atomic E-state index is -3.83. The van der Waals surface area contributed by atoms with Crippen molar-refractivity contribution in [3.63, 3.8) is 0 Å². The molecule has 19 heavy (non-hydrogen) atoms. The van der Waals surface area contributed by atoms with Crippen LogP contribution in [0.5, 0.6) is 0 Å². The standard InChI is InChI=1S/C10H21O6PS2/c1-5-14-10(8-15-9(4)11)19(12,13)17(18,7-3)16-6-2/h10H,5-8H2,1-4H3. The van der Waals surface area contributed by atoms with Crippen molar-refractivity contribution in [1.82, 2.24) is 0 Å². The third-order valence-corrected chi connectivity index (χ3v) is 12.4. The average molecular weight is 332 g/mol. The van der Waals surface area contributed by atoms with E-state index >= 15 is 0 Å². The first-order chi connectivity index (χ1) is 8.75. The van der Waals surface area contributed by atoms with Crippen molar-refractivity contribution >= 4 is 32.7 Å². The van der Waals surface area contributed by atoms with E-state index < -0.39 is 26.3 Å². The number of ether oxygens (including phenoxy) is 2. The van der Waals surface area contributed by atoms with E-state index in [0.717, 1.165) is 0 Å². The minimum absolute atomic E-state index is 0.177. The minimum Gasteiger partial charge on any atom is -0.462 e. The molecule has 0 saturated heterocycles. The molecular weight excluding hydrogens is 311 g/mol. The molecular formula is C10H21O6PS2. The van der Waals surface area contributed by atoms with Gasteiger partial charge in [-0.1, -0.05) is 18.7 Å². The molecule has 0 bridgehead atoms. The van der Waals surface area contributed by atoms with Gasteiger partial charge in [-0.15, -0.1) is 0 Å². The highest BCUT2D eigenvalue weighted by atomic mass is 32.9. The van der Waals surface area contributed by atoms with Crippen molar-refractivity contribution < 1.29 is 27.2 Å². The summed E-state index contributed by atoms with van der Waals surface area (Å²) >= 11 is 5.19. The molecule has 6 nitrogen and oxygen atoms in total. The Kier molecular flexibility index (Phi) is 8.31. The summed E-state index contributed by atoms with van der Waals surface area (Å²) in [4.78, 5) is 10.8. The van der Waals surface area contributed by atoms with Crippen LogP contribution in [0.15, 0.2) is 0 Å². The molecule has 0 aliphatic carbocycles. The molecule has 0 radical (unpaired) electrons. The number of rotatable bonds is 9. The normalized spacial score (nSPS) is 16.6. The summed E-state index contributed by atoms with van der Waals surface area (Å²) in [6.45, 7) is 6.25. The second-order valence-corrected chi connectivity index (χ2v) is 13.0. The lowest BCUT2D eigenvalue weighted by atomic mass is 10.7. The van der Waals surface area contributed by atoms with Crippen LogP contribution in [0.4, 0.5) is 0 Å². The fourth-order valence-electron chi connectivity index (χ4n) is 1.31. The van der Waals surface area contributed by atoms with Gasteiger partial charge in [0.25, 0.3) is 0 Å². The van der Waals surface area contributed by atoms with Crippen LogP contribution in [0, 0.1) is 0 Å². The van der Waals surface area contributed by atoms with Gasteiger partial charge < -0.3 is 14.0 Å². The molecule has 0 fully saturated rings. The number of carbonyl (C=O) groups is 1. The van der Waals surface area contributed by atoms with E-state index in [-0.39, 0.29) is 26.0 Å². The van der Waals surface area contributed by atoms with Crippen molar-refractivity contribution in [2.24, 2.45) is 0 Å². The monoisotopic (exact) mass is 332 g/mol. The Bertz CT molecular complexity index is 433. The predicted molar refractivity (Wildman–Crippen MR) is 77.4 cm³/mol. The second-order valence-electron chi connectivity index (χ2n) is 3.55. The molecule has 0 N–H and O–H groups in total. The van der Waals surface area contributed by atoms with Gasteiger partial charge in [-0.3, -0.25) is 4.79 Å². The van der Waals surface area contributed by atoms with Crippen molar-refractivity contribution in [3.8, 4) is 0 Å². The summed E-state index contributed by atoms with van der Waals surface area (Å²) < 4.78 is 40.2. The zero-order chi connectivity index (χ0) is 15.1. The zero-order valence-electron chi connectivity index (χ0n) is 11.6. The molecule has 0 saturated carbocycles. The highest BCUT2D eigenvalue weighted by Crippen LogP contribution is 2.55. The molecule has 0 aliphatic rings. The van der Waals surface area contributed by atoms with E-state index in [2.05, 4.69) is 0 Å². The Morgan fingerprint density at radius 2 is 1.84 bits per heavy atom. The summed E-state index contributed by atoms with van der Waals surface area (Å²) in [5.41, 5.74) is -4.32. The molecule has 0 aromatic rings. The van der Waals surface area contributed by atoms with Crippen molar-refractivity contribution in [2.75, 3.05) is 26.0 Å². The molecule has 0 aromatic heterocycles. The Labute approximate surface area is 119 Å². The summed E-state index contributed by atoms with van der Waals surface area (Å²) in [6, 6.07) is 0. The van der Waals surface area contributed by atoms with E-state index in [0.29, 0.717) is 0 Å². The van der Waals surface area contributed by atoms with E-state index in [9.17, 15) is 13.2 Å². The maximum absolute atomic E-state index is 12.5. The summed E-state index contributed by atoms with van der Waals surface area (Å²) in [5, 5.41) is 0. The zero-order valence-corrected chi connectivity index (χ0v) is 14.1. The molecule has 0 amide bonds. The smallest absolute Gasteiger partial charge is 0.302 e. The Hall–Kier alpha value is -0.0100. The van der Waals surface area contributed by atoms with Crippen LogP contribution in [0.25, 0.3) is 0 Å². The first-order valence-electron chi connectivity index (χ1n) is 5.97. The van der Waals surface area contributed by atoms with Crippen LogP contribution in [0.2, 0.25) is 0 Å². The van der Waals surface area contributed by atoms with Gasteiger partial charge in [0.15, 0.2) is 10.9 Å². The molecule has 0 spiro atoms. The number of hydrogen-bond donors (Lipinski definition) is 0. The maximum Gasteiger partial charge on any atom is 0.302 e. The molecule has 0 rings (SSSR count). The van der Waals surface area contributed by atoms with Crippen LogP contribution in [-0.4, -0.2) is 45.8 Å². The molecule has 0 aromatic carbocycles. The molecule has 2 atom stereocenters. The average Bonchev–Trinajstić information content (AvgIpc) is 2.33. The van der Waals surface area contributed by atoms with Gasteiger partial charge in [0, 0.05) is 19.7 Å². The summed E-state index contributed by atoms with van der Waals surface area (Å²) in [5.74, 6) is -0.568. The first kappa shape index (κ1) is 19.0. The fraction of sp³-hybridized carbons (Fsp3) is 0.900. The SMILES string of the molecule is CCOC(COC(C)=O)S(=O)(=O)P(=S)(CC)OCC. The van der Waals surface area contributed by atoms with E-state index in [4.69, 9.17) is 25.8 Å². The number of hydrogen-bond acceptors (Lipinski definition) is 7. The molecule has 2 unspecified atom stereocenters. The van der Waals surface area contributed by atoms with Crippen LogP contribution < -0.4 is 0 Å². The van der Waals surface area contributed by atoms with E-state index in [1.165, 1.54) is 6.92 Å². The van der Waals surface area contributed by atoms with Gasteiger partial charge >= 0.3 is 5.97 Å². The topological polar surface area (TPSA) is 78.9 Å². The molecule has 9 heteroatoms. The predicted octanol–water partition coefficient (Wildman–Crippen LogP) is 1.69. The van der Waals surface area contributed by atoms with E-state index in [1.54, 1.807) is 20.8 Å². The second kappa shape index (κ2) is 8.32. The van der Waals surface area contributed by atoms with Crippen LogP contribution in [-0.2, 0) is 40.1 Å². The lowest BCUT2D eigenvalue weighted by Gasteiger charge is -2.25. The number of esters is 1. The number of carbonyl (C=O) groups excluding carboxylic acids is 1. The maximum atomic E-state index is 12.5. The van der Waals surface area contributed by atoms with Crippen molar-refractivity contribution in [3.05, 3.63) is 0 Å². The summed E-state index contributed by atoms with van der Waals surface area (Å²) in [6.07, 6.45) is 0.210. The first-order valence-corrected chi connectivity index (χ1v) is 11.0. The van der Waals surface area contributed by atoms with Gasteiger partial charge in [-0.05, 0) is 13.8 Å². The van der Waals surface area contributed by atoms with Gasteiger partial charge in [0.05, 0.1) is 6.61 Å². The highest BCUT2D eigenvalue weighted by molar-refractivity contribution is 8.65. The highest BCUT2D eigenvalue weighted by Gasteiger charge is 2.40. The quantitative estimate of drug-likeness (QED) is 0.469. The van der Waals surface area contributed by atoms with E-state index in [1.807, 2.05) is 0 Å². The third kappa shape index (κ3) is 5.11. The van der Waals surface area contributed by atoms with Crippen LogP contribution in [0.1, 0.15) is 27.7 Å². The van der Waals surface area contributed by atoms with Gasteiger partial charge in [-0.2, -0.15) is 0 Å². The van der Waals surface area contributed by atoms with Gasteiger partial charge in [-0.25, -0.2) is 8.42 Å². The van der Waals surface area contributed by atoms with Gasteiger partial charge in [0.1, 0.15) is 6.61 Å². The Morgan fingerprint density at radius 3 is 2.21 bits per heavy atom. The lowest BCUT2D eigenvalue weighted by molar-refractivity contribution is -0.143. The molecule has 0 aliphatic heterocycles.